The van der Waals surface area contributed by atoms with Crippen LogP contribution >= 0.6 is 0 Å². The van der Waals surface area contributed by atoms with Gasteiger partial charge in [-0.05, 0) is 55.5 Å². The number of rotatable bonds is 9. The molecule has 0 bridgehead atoms. The monoisotopic (exact) mass is 493 g/mol. The highest BCUT2D eigenvalue weighted by molar-refractivity contribution is 6.08. The minimum absolute atomic E-state index is 0.105. The molecule has 5 nitrogen and oxygen atoms in total. The highest BCUT2D eigenvalue weighted by Crippen LogP contribution is 2.26. The van der Waals surface area contributed by atoms with Crippen molar-refractivity contribution in [2.75, 3.05) is 6.54 Å². The van der Waals surface area contributed by atoms with E-state index in [1.54, 1.807) is 4.57 Å². The Morgan fingerprint density at radius 3 is 2.19 bits per heavy atom. The van der Waals surface area contributed by atoms with Gasteiger partial charge in [-0.25, -0.2) is 0 Å². The summed E-state index contributed by atoms with van der Waals surface area (Å²) in [6.45, 7) is 3.40. The molecule has 37 heavy (non-hydrogen) atoms. The molecule has 1 amide bonds. The molecule has 1 atom stereocenters. The van der Waals surface area contributed by atoms with Crippen molar-refractivity contribution in [1.29, 1.82) is 0 Å². The molecule has 1 aliphatic rings. The van der Waals surface area contributed by atoms with E-state index in [2.05, 4.69) is 17.6 Å². The number of nitrogens with zero attached hydrogens (tertiary/aromatic N) is 1. The SMILES string of the molecule is CC[C@H](NC(=O)c1c(CNCC2CCCC2)n(-c2ccccc2)c(=O)c2ccccc12)c1ccccc1. The molecule has 1 heterocycles. The summed E-state index contributed by atoms with van der Waals surface area (Å²) in [4.78, 5) is 27.9. The van der Waals surface area contributed by atoms with Gasteiger partial charge in [0, 0.05) is 23.0 Å². The number of nitrogens with one attached hydrogen (secondary N) is 2. The molecule has 1 aliphatic carbocycles. The predicted octanol–water partition coefficient (Wildman–Crippen LogP) is 6.15. The Kier molecular flexibility index (Phi) is 7.81. The van der Waals surface area contributed by atoms with E-state index in [0.717, 1.165) is 24.2 Å². The van der Waals surface area contributed by atoms with Gasteiger partial charge in [-0.15, -0.1) is 0 Å². The largest absolute Gasteiger partial charge is 0.345 e. The van der Waals surface area contributed by atoms with Crippen LogP contribution in [0.15, 0.2) is 89.7 Å². The van der Waals surface area contributed by atoms with Gasteiger partial charge >= 0.3 is 0 Å². The first kappa shape index (κ1) is 25.0. The topological polar surface area (TPSA) is 63.1 Å². The number of hydrogen-bond donors (Lipinski definition) is 2. The minimum Gasteiger partial charge on any atom is -0.345 e. The lowest BCUT2D eigenvalue weighted by Crippen LogP contribution is -2.35. The van der Waals surface area contributed by atoms with Crippen molar-refractivity contribution in [3.05, 3.63) is 112 Å². The van der Waals surface area contributed by atoms with Crippen LogP contribution in [0.25, 0.3) is 16.5 Å². The van der Waals surface area contributed by atoms with E-state index in [9.17, 15) is 9.59 Å². The van der Waals surface area contributed by atoms with Gasteiger partial charge in [0.05, 0.1) is 17.3 Å². The van der Waals surface area contributed by atoms with E-state index in [0.29, 0.717) is 34.5 Å². The number of amides is 1. The molecule has 1 fully saturated rings. The Morgan fingerprint density at radius 2 is 1.51 bits per heavy atom. The number of carbonyl (C=O) groups is 1. The van der Waals surface area contributed by atoms with Crippen LogP contribution in [-0.2, 0) is 6.54 Å². The standard InChI is InChI=1S/C32H35N3O2/c1-2-28(24-15-5-3-6-16-24)34-31(36)30-26-19-11-12-20-27(26)32(37)35(25-17-7-4-8-18-25)29(30)22-33-21-23-13-9-10-14-23/h3-8,11-12,15-20,23,28,33H,2,9-10,13-14,21-22H2,1H3,(H,34,36)/t28-/m0/s1. The highest BCUT2D eigenvalue weighted by atomic mass is 16.2. The molecule has 0 unspecified atom stereocenters. The number of fused-ring (bicyclic) bond motifs is 1. The molecule has 0 spiro atoms. The fourth-order valence-corrected chi connectivity index (χ4v) is 5.61. The smallest absolute Gasteiger partial charge is 0.263 e. The van der Waals surface area contributed by atoms with Crippen molar-refractivity contribution in [3.8, 4) is 5.69 Å². The summed E-state index contributed by atoms with van der Waals surface area (Å²) in [6, 6.07) is 27.0. The van der Waals surface area contributed by atoms with Crippen LogP contribution in [0.4, 0.5) is 0 Å². The molecule has 3 aromatic carbocycles. The lowest BCUT2D eigenvalue weighted by Gasteiger charge is -2.23. The second-order valence-electron chi connectivity index (χ2n) is 9.97. The number of pyridine rings is 1. The Balaban J connectivity index is 1.62. The van der Waals surface area contributed by atoms with Crippen molar-refractivity contribution < 1.29 is 4.79 Å². The minimum atomic E-state index is -0.158. The zero-order chi connectivity index (χ0) is 25.6. The molecule has 0 aliphatic heterocycles. The molecule has 2 N–H and O–H groups in total. The second kappa shape index (κ2) is 11.6. The number of benzene rings is 3. The molecule has 5 rings (SSSR count). The van der Waals surface area contributed by atoms with Crippen molar-refractivity contribution in [3.63, 3.8) is 0 Å². The maximum Gasteiger partial charge on any atom is 0.263 e. The molecule has 0 saturated heterocycles. The highest BCUT2D eigenvalue weighted by Gasteiger charge is 2.25. The van der Waals surface area contributed by atoms with Crippen molar-refractivity contribution in [1.82, 2.24) is 15.2 Å². The van der Waals surface area contributed by atoms with Crippen molar-refractivity contribution >= 4 is 16.7 Å². The van der Waals surface area contributed by atoms with Gasteiger partial charge in [-0.3, -0.25) is 14.2 Å². The van der Waals surface area contributed by atoms with Gasteiger partial charge in [0.15, 0.2) is 0 Å². The third-order valence-electron chi connectivity index (χ3n) is 7.55. The molecular weight excluding hydrogens is 458 g/mol. The molecule has 190 valence electrons. The summed E-state index contributed by atoms with van der Waals surface area (Å²) < 4.78 is 1.72. The third-order valence-corrected chi connectivity index (χ3v) is 7.55. The second-order valence-corrected chi connectivity index (χ2v) is 9.97. The Morgan fingerprint density at radius 1 is 0.892 bits per heavy atom. The van der Waals surface area contributed by atoms with E-state index in [4.69, 9.17) is 0 Å². The van der Waals surface area contributed by atoms with Crippen LogP contribution in [0.2, 0.25) is 0 Å². The summed E-state index contributed by atoms with van der Waals surface area (Å²) in [7, 11) is 0. The molecule has 4 aromatic rings. The number of para-hydroxylation sites is 1. The van der Waals surface area contributed by atoms with E-state index in [1.165, 1.54) is 25.7 Å². The molecule has 1 aromatic heterocycles. The summed E-state index contributed by atoms with van der Waals surface area (Å²) in [5, 5.41) is 8.12. The third kappa shape index (κ3) is 5.37. The Labute approximate surface area is 218 Å². The summed E-state index contributed by atoms with van der Waals surface area (Å²) in [5.74, 6) is 0.492. The van der Waals surface area contributed by atoms with E-state index < -0.39 is 0 Å². The molecule has 0 radical (unpaired) electrons. The summed E-state index contributed by atoms with van der Waals surface area (Å²) in [6.07, 6.45) is 5.80. The van der Waals surface area contributed by atoms with Gasteiger partial charge in [0.2, 0.25) is 0 Å². The van der Waals surface area contributed by atoms with E-state index in [-0.39, 0.29) is 17.5 Å². The van der Waals surface area contributed by atoms with Crippen LogP contribution in [0.1, 0.15) is 66.7 Å². The zero-order valence-electron chi connectivity index (χ0n) is 21.5. The van der Waals surface area contributed by atoms with Gasteiger partial charge in [0.25, 0.3) is 11.5 Å². The average Bonchev–Trinajstić information content (AvgIpc) is 3.46. The van der Waals surface area contributed by atoms with Crippen LogP contribution in [0, 0.1) is 5.92 Å². The molecule has 1 saturated carbocycles. The van der Waals surface area contributed by atoms with E-state index in [1.807, 2.05) is 84.9 Å². The van der Waals surface area contributed by atoms with Crippen molar-refractivity contribution in [2.24, 2.45) is 5.92 Å². The van der Waals surface area contributed by atoms with Crippen molar-refractivity contribution in [2.45, 2.75) is 51.6 Å². The van der Waals surface area contributed by atoms with Crippen LogP contribution in [0.5, 0.6) is 0 Å². The van der Waals surface area contributed by atoms with Gasteiger partial charge < -0.3 is 10.6 Å². The first-order valence-electron chi connectivity index (χ1n) is 13.5. The van der Waals surface area contributed by atoms with Crippen LogP contribution in [-0.4, -0.2) is 17.0 Å². The first-order valence-corrected chi connectivity index (χ1v) is 13.5. The zero-order valence-corrected chi connectivity index (χ0v) is 21.5. The maximum absolute atomic E-state index is 14.1. The van der Waals surface area contributed by atoms with Gasteiger partial charge in [-0.1, -0.05) is 86.5 Å². The van der Waals surface area contributed by atoms with Crippen LogP contribution in [0.3, 0.4) is 0 Å². The number of aromatic nitrogens is 1. The molecular formula is C32H35N3O2. The quantitative estimate of drug-likeness (QED) is 0.294. The molecule has 5 heteroatoms. The van der Waals surface area contributed by atoms with Gasteiger partial charge in [0.1, 0.15) is 0 Å². The normalized spacial score (nSPS) is 14.6. The predicted molar refractivity (Wildman–Crippen MR) is 150 cm³/mol. The van der Waals surface area contributed by atoms with Gasteiger partial charge in [-0.2, -0.15) is 0 Å². The Hall–Kier alpha value is -3.70. The number of hydrogen-bond acceptors (Lipinski definition) is 3. The fourth-order valence-electron chi connectivity index (χ4n) is 5.61. The Bertz CT molecular complexity index is 1410. The summed E-state index contributed by atoms with van der Waals surface area (Å²) in [5.41, 5.74) is 2.99. The van der Waals surface area contributed by atoms with E-state index >= 15 is 0 Å². The average molecular weight is 494 g/mol. The lowest BCUT2D eigenvalue weighted by molar-refractivity contribution is 0.0935. The number of carbonyl (C=O) groups excluding carboxylic acids is 1. The maximum atomic E-state index is 14.1. The summed E-state index contributed by atoms with van der Waals surface area (Å²) >= 11 is 0. The van der Waals surface area contributed by atoms with Crippen LogP contribution < -0.4 is 16.2 Å². The fraction of sp³-hybridized carbons (Fsp3) is 0.312. The first-order chi connectivity index (χ1) is 18.2. The lowest BCUT2D eigenvalue weighted by atomic mass is 9.99.